The summed E-state index contributed by atoms with van der Waals surface area (Å²) in [6.45, 7) is 2.85. The highest BCUT2D eigenvalue weighted by Crippen LogP contribution is 2.27. The number of amides is 1. The molecule has 2 fully saturated rings. The van der Waals surface area contributed by atoms with E-state index in [2.05, 4.69) is 4.90 Å². The van der Waals surface area contributed by atoms with Crippen LogP contribution in [0.4, 0.5) is 10.1 Å². The monoisotopic (exact) mass is 334 g/mol. The zero-order valence-corrected chi connectivity index (χ0v) is 14.2. The first-order valence-corrected chi connectivity index (χ1v) is 9.12. The molecule has 1 N–H and O–H groups in total. The molecule has 0 spiro atoms. The average Bonchev–Trinajstić information content (AvgIpc) is 2.88. The van der Waals surface area contributed by atoms with Crippen molar-refractivity contribution < 1.29 is 14.3 Å². The number of aliphatic hydroxyl groups is 1. The molecule has 1 aromatic rings. The van der Waals surface area contributed by atoms with Gasteiger partial charge in [-0.25, -0.2) is 4.39 Å². The summed E-state index contributed by atoms with van der Waals surface area (Å²) >= 11 is 0. The van der Waals surface area contributed by atoms with E-state index in [1.54, 1.807) is 12.1 Å². The molecule has 0 radical (unpaired) electrons. The molecule has 0 aromatic heterocycles. The van der Waals surface area contributed by atoms with Gasteiger partial charge in [0.25, 0.3) is 5.91 Å². The SMILES string of the molecule is O=C([C@H](O)C1CCCCC1)N1CCCN(c2ccc(F)cc2)CC1. The molecule has 1 aromatic carbocycles. The van der Waals surface area contributed by atoms with Crippen molar-refractivity contribution in [2.45, 2.75) is 44.6 Å². The van der Waals surface area contributed by atoms with Gasteiger partial charge in [0.05, 0.1) is 0 Å². The van der Waals surface area contributed by atoms with Crippen molar-refractivity contribution in [2.24, 2.45) is 5.92 Å². The van der Waals surface area contributed by atoms with Gasteiger partial charge >= 0.3 is 0 Å². The van der Waals surface area contributed by atoms with E-state index in [4.69, 9.17) is 0 Å². The number of nitrogens with zero attached hydrogens (tertiary/aromatic N) is 2. The van der Waals surface area contributed by atoms with Crippen molar-refractivity contribution >= 4 is 11.6 Å². The van der Waals surface area contributed by atoms with Gasteiger partial charge in [0.2, 0.25) is 0 Å². The Morgan fingerprint density at radius 1 is 1.00 bits per heavy atom. The third-order valence-electron chi connectivity index (χ3n) is 5.35. The normalized spacial score (nSPS) is 21.4. The second-order valence-corrected chi connectivity index (χ2v) is 6.99. The number of benzene rings is 1. The van der Waals surface area contributed by atoms with Gasteiger partial charge in [-0.05, 0) is 49.4 Å². The smallest absolute Gasteiger partial charge is 0.251 e. The molecular weight excluding hydrogens is 307 g/mol. The first-order chi connectivity index (χ1) is 11.6. The van der Waals surface area contributed by atoms with Crippen LogP contribution in [0, 0.1) is 11.7 Å². The number of hydrogen-bond donors (Lipinski definition) is 1. The molecule has 1 saturated carbocycles. The Balaban J connectivity index is 1.58. The number of hydrogen-bond acceptors (Lipinski definition) is 3. The molecule has 0 unspecified atom stereocenters. The largest absolute Gasteiger partial charge is 0.383 e. The third-order valence-corrected chi connectivity index (χ3v) is 5.35. The molecular formula is C19H27FN2O2. The third kappa shape index (κ3) is 4.07. The van der Waals surface area contributed by atoms with Crippen molar-refractivity contribution in [1.82, 2.24) is 4.90 Å². The number of halogens is 1. The maximum atomic E-state index is 13.1. The Hall–Kier alpha value is -1.62. The first-order valence-electron chi connectivity index (χ1n) is 9.12. The zero-order chi connectivity index (χ0) is 16.9. The fourth-order valence-electron chi connectivity index (χ4n) is 3.89. The summed E-state index contributed by atoms with van der Waals surface area (Å²) in [4.78, 5) is 16.6. The van der Waals surface area contributed by atoms with Crippen LogP contribution in [0.25, 0.3) is 0 Å². The van der Waals surface area contributed by atoms with Crippen LogP contribution in [0.15, 0.2) is 24.3 Å². The van der Waals surface area contributed by atoms with Crippen LogP contribution in [0.3, 0.4) is 0 Å². The van der Waals surface area contributed by atoms with Gasteiger partial charge in [-0.1, -0.05) is 19.3 Å². The minimum atomic E-state index is -0.845. The van der Waals surface area contributed by atoms with Gasteiger partial charge in [-0.3, -0.25) is 4.79 Å². The molecule has 24 heavy (non-hydrogen) atoms. The van der Waals surface area contributed by atoms with E-state index < -0.39 is 6.10 Å². The first kappa shape index (κ1) is 17.2. The summed E-state index contributed by atoms with van der Waals surface area (Å²) in [6.07, 6.45) is 5.39. The van der Waals surface area contributed by atoms with Crippen molar-refractivity contribution in [3.63, 3.8) is 0 Å². The summed E-state index contributed by atoms with van der Waals surface area (Å²) in [6, 6.07) is 6.50. The molecule has 1 saturated heterocycles. The average molecular weight is 334 g/mol. The Morgan fingerprint density at radius 2 is 1.71 bits per heavy atom. The second kappa shape index (κ2) is 7.97. The Kier molecular flexibility index (Phi) is 5.72. The molecule has 1 amide bonds. The van der Waals surface area contributed by atoms with Crippen LogP contribution >= 0.6 is 0 Å². The van der Waals surface area contributed by atoms with E-state index in [-0.39, 0.29) is 17.6 Å². The van der Waals surface area contributed by atoms with Gasteiger partial charge < -0.3 is 14.9 Å². The molecule has 3 rings (SSSR count). The lowest BCUT2D eigenvalue weighted by molar-refractivity contribution is -0.143. The molecule has 132 valence electrons. The topological polar surface area (TPSA) is 43.8 Å². The van der Waals surface area contributed by atoms with Gasteiger partial charge in [-0.15, -0.1) is 0 Å². The standard InChI is InChI=1S/C19H27FN2O2/c20-16-7-9-17(10-8-16)21-11-4-12-22(14-13-21)19(24)18(23)15-5-2-1-3-6-15/h7-10,15,18,23H,1-6,11-14H2/t18-/m1/s1. The summed E-state index contributed by atoms with van der Waals surface area (Å²) in [5, 5.41) is 10.5. The lowest BCUT2D eigenvalue weighted by Crippen LogP contribution is -2.44. The molecule has 1 heterocycles. The van der Waals surface area contributed by atoms with E-state index in [0.717, 1.165) is 50.9 Å². The molecule has 1 atom stereocenters. The second-order valence-electron chi connectivity index (χ2n) is 6.99. The van der Waals surface area contributed by atoms with Crippen LogP contribution in [-0.4, -0.2) is 48.2 Å². The Bertz CT molecular complexity index is 543. The highest BCUT2D eigenvalue weighted by molar-refractivity contribution is 5.81. The van der Waals surface area contributed by atoms with Gasteiger partial charge in [-0.2, -0.15) is 0 Å². The van der Waals surface area contributed by atoms with E-state index in [9.17, 15) is 14.3 Å². The van der Waals surface area contributed by atoms with E-state index >= 15 is 0 Å². The van der Waals surface area contributed by atoms with E-state index in [0.29, 0.717) is 13.1 Å². The molecule has 0 bridgehead atoms. The van der Waals surface area contributed by atoms with Crippen molar-refractivity contribution in [1.29, 1.82) is 0 Å². The van der Waals surface area contributed by atoms with E-state index in [1.807, 2.05) is 4.90 Å². The number of aliphatic hydroxyl groups excluding tert-OH is 1. The lowest BCUT2D eigenvalue weighted by atomic mass is 9.85. The minimum Gasteiger partial charge on any atom is -0.383 e. The van der Waals surface area contributed by atoms with Crippen LogP contribution in [0.5, 0.6) is 0 Å². The predicted molar refractivity (Wildman–Crippen MR) is 92.4 cm³/mol. The quantitative estimate of drug-likeness (QED) is 0.924. The van der Waals surface area contributed by atoms with Crippen LogP contribution in [0.2, 0.25) is 0 Å². The fraction of sp³-hybridized carbons (Fsp3) is 0.632. The van der Waals surface area contributed by atoms with E-state index in [1.165, 1.54) is 18.6 Å². The predicted octanol–water partition coefficient (Wildman–Crippen LogP) is 2.81. The molecule has 1 aliphatic carbocycles. The summed E-state index contributed by atoms with van der Waals surface area (Å²) in [5.41, 5.74) is 0.985. The Labute approximate surface area is 143 Å². The Morgan fingerprint density at radius 3 is 2.42 bits per heavy atom. The molecule has 5 heteroatoms. The van der Waals surface area contributed by atoms with Gasteiger partial charge in [0.15, 0.2) is 0 Å². The summed E-state index contributed by atoms with van der Waals surface area (Å²) in [5.74, 6) is -0.216. The number of carbonyl (C=O) groups is 1. The molecule has 1 aliphatic heterocycles. The summed E-state index contributed by atoms with van der Waals surface area (Å²) < 4.78 is 13.1. The van der Waals surface area contributed by atoms with Crippen LogP contribution in [-0.2, 0) is 4.79 Å². The molecule has 4 nitrogen and oxygen atoms in total. The van der Waals surface area contributed by atoms with Crippen molar-refractivity contribution in [3.8, 4) is 0 Å². The van der Waals surface area contributed by atoms with Gasteiger partial charge in [0.1, 0.15) is 11.9 Å². The zero-order valence-electron chi connectivity index (χ0n) is 14.2. The van der Waals surface area contributed by atoms with Crippen molar-refractivity contribution in [3.05, 3.63) is 30.1 Å². The summed E-state index contributed by atoms with van der Waals surface area (Å²) in [7, 11) is 0. The van der Waals surface area contributed by atoms with Crippen LogP contribution < -0.4 is 4.90 Å². The van der Waals surface area contributed by atoms with Crippen molar-refractivity contribution in [2.75, 3.05) is 31.1 Å². The number of carbonyl (C=O) groups excluding carboxylic acids is 1. The van der Waals surface area contributed by atoms with Gasteiger partial charge in [0, 0.05) is 31.9 Å². The fourth-order valence-corrected chi connectivity index (χ4v) is 3.89. The highest BCUT2D eigenvalue weighted by atomic mass is 19.1. The van der Waals surface area contributed by atoms with Crippen LogP contribution in [0.1, 0.15) is 38.5 Å². The lowest BCUT2D eigenvalue weighted by Gasteiger charge is -2.30. The number of anilines is 1. The highest BCUT2D eigenvalue weighted by Gasteiger charge is 2.31. The minimum absolute atomic E-state index is 0.108. The number of rotatable bonds is 3. The maximum Gasteiger partial charge on any atom is 0.251 e. The molecule has 2 aliphatic rings. The maximum absolute atomic E-state index is 13.1.